The molecule has 0 aromatic heterocycles. The van der Waals surface area contributed by atoms with Crippen LogP contribution in [0.25, 0.3) is 0 Å². The molecule has 0 heterocycles. The van der Waals surface area contributed by atoms with Crippen LogP contribution in [0.5, 0.6) is 0 Å². The zero-order valence-electron chi connectivity index (χ0n) is 17.8. The highest BCUT2D eigenvalue weighted by Gasteiger charge is 2.36. The third kappa shape index (κ3) is 8.05. The summed E-state index contributed by atoms with van der Waals surface area (Å²) in [6, 6.07) is 7.80. The fourth-order valence-corrected chi connectivity index (χ4v) is 3.92. The van der Waals surface area contributed by atoms with Crippen LogP contribution in [0.3, 0.4) is 0 Å². The summed E-state index contributed by atoms with van der Waals surface area (Å²) in [5.74, 6) is 0.179. The van der Waals surface area contributed by atoms with Gasteiger partial charge in [0.1, 0.15) is 18.8 Å². The average molecular weight is 407 g/mol. The van der Waals surface area contributed by atoms with E-state index in [9.17, 15) is 15.0 Å². The van der Waals surface area contributed by atoms with Crippen LogP contribution in [0.2, 0.25) is 0 Å². The van der Waals surface area contributed by atoms with Gasteiger partial charge in [0.2, 0.25) is 0 Å². The molecule has 0 saturated heterocycles. The van der Waals surface area contributed by atoms with Gasteiger partial charge >= 0.3 is 5.97 Å². The van der Waals surface area contributed by atoms with Gasteiger partial charge in [-0.3, -0.25) is 4.79 Å². The maximum atomic E-state index is 12.7. The first-order valence-corrected chi connectivity index (χ1v) is 10.9. The van der Waals surface area contributed by atoms with E-state index in [1.54, 1.807) is 0 Å². The lowest BCUT2D eigenvalue weighted by Gasteiger charge is -2.32. The highest BCUT2D eigenvalue weighted by molar-refractivity contribution is 5.76. The lowest BCUT2D eigenvalue weighted by molar-refractivity contribution is -0.153. The second-order valence-corrected chi connectivity index (χ2v) is 8.76. The van der Waals surface area contributed by atoms with Gasteiger partial charge in [-0.15, -0.1) is 0 Å². The molecular formula is C23H38N2O4. The molecule has 2 rings (SSSR count). The Kier molecular flexibility index (Phi) is 10.1. The first-order valence-electron chi connectivity index (χ1n) is 10.9. The van der Waals surface area contributed by atoms with Crippen LogP contribution in [0.4, 0.5) is 0 Å². The fraction of sp³-hybridized carbons (Fsp3) is 0.696. The van der Waals surface area contributed by atoms with Crippen LogP contribution in [-0.4, -0.2) is 47.0 Å². The highest BCUT2D eigenvalue weighted by atomic mass is 16.5. The summed E-state index contributed by atoms with van der Waals surface area (Å²) in [6.07, 6.45) is 4.02. The van der Waals surface area contributed by atoms with Crippen LogP contribution >= 0.6 is 0 Å². The van der Waals surface area contributed by atoms with Gasteiger partial charge in [-0.25, -0.2) is 0 Å². The molecule has 1 fully saturated rings. The quantitative estimate of drug-likeness (QED) is 0.421. The molecule has 1 aromatic carbocycles. The van der Waals surface area contributed by atoms with Crippen LogP contribution in [-0.2, 0) is 16.1 Å². The zero-order valence-corrected chi connectivity index (χ0v) is 17.8. The van der Waals surface area contributed by atoms with E-state index in [0.717, 1.165) is 18.4 Å². The third-order valence-electron chi connectivity index (χ3n) is 5.68. The number of ether oxygens (including phenoxy) is 1. The minimum absolute atomic E-state index is 0.122. The van der Waals surface area contributed by atoms with E-state index in [1.807, 2.05) is 44.2 Å². The van der Waals surface area contributed by atoms with E-state index in [2.05, 4.69) is 5.32 Å². The van der Waals surface area contributed by atoms with Crippen molar-refractivity contribution in [2.45, 2.75) is 83.3 Å². The predicted octanol–water partition coefficient (Wildman–Crippen LogP) is 2.36. The Balaban J connectivity index is 1.96. The van der Waals surface area contributed by atoms with E-state index in [1.165, 1.54) is 19.3 Å². The van der Waals surface area contributed by atoms with Crippen molar-refractivity contribution in [1.82, 2.24) is 5.32 Å². The van der Waals surface area contributed by atoms with Crippen LogP contribution in [0, 0.1) is 11.8 Å². The van der Waals surface area contributed by atoms with Crippen molar-refractivity contribution >= 4 is 5.97 Å². The van der Waals surface area contributed by atoms with Crippen molar-refractivity contribution in [2.24, 2.45) is 17.6 Å². The first kappa shape index (κ1) is 23.8. The molecule has 0 bridgehead atoms. The smallest absolute Gasteiger partial charge is 0.326 e. The van der Waals surface area contributed by atoms with Crippen molar-refractivity contribution in [1.29, 1.82) is 0 Å². The molecule has 29 heavy (non-hydrogen) atoms. The van der Waals surface area contributed by atoms with Gasteiger partial charge in [-0.2, -0.15) is 0 Å². The van der Waals surface area contributed by atoms with Crippen LogP contribution < -0.4 is 11.1 Å². The molecule has 0 aliphatic heterocycles. The molecule has 1 aliphatic rings. The Morgan fingerprint density at radius 1 is 1.14 bits per heavy atom. The molecule has 1 aliphatic carbocycles. The van der Waals surface area contributed by atoms with E-state index >= 15 is 0 Å². The summed E-state index contributed by atoms with van der Waals surface area (Å²) in [7, 11) is 0. The van der Waals surface area contributed by atoms with Crippen molar-refractivity contribution in [3.63, 3.8) is 0 Å². The topological polar surface area (TPSA) is 105 Å². The molecule has 5 N–H and O–H groups in total. The van der Waals surface area contributed by atoms with Crippen molar-refractivity contribution < 1.29 is 19.7 Å². The maximum Gasteiger partial charge on any atom is 0.326 e. The molecule has 6 nitrogen and oxygen atoms in total. The van der Waals surface area contributed by atoms with Gasteiger partial charge in [0.25, 0.3) is 0 Å². The monoisotopic (exact) mass is 406 g/mol. The van der Waals surface area contributed by atoms with E-state index in [4.69, 9.17) is 10.5 Å². The summed E-state index contributed by atoms with van der Waals surface area (Å²) in [5, 5.41) is 24.5. The number of aliphatic hydroxyl groups is 2. The van der Waals surface area contributed by atoms with Gasteiger partial charge in [0, 0.05) is 6.04 Å². The number of hydrogen-bond acceptors (Lipinski definition) is 6. The second kappa shape index (κ2) is 12.3. The Morgan fingerprint density at radius 2 is 1.79 bits per heavy atom. The lowest BCUT2D eigenvalue weighted by atomic mass is 9.83. The van der Waals surface area contributed by atoms with Gasteiger partial charge in [-0.1, -0.05) is 76.3 Å². The third-order valence-corrected chi connectivity index (χ3v) is 5.68. The van der Waals surface area contributed by atoms with Crippen LogP contribution in [0.1, 0.15) is 57.9 Å². The molecule has 0 amide bonds. The molecule has 164 valence electrons. The van der Waals surface area contributed by atoms with Crippen molar-refractivity contribution in [2.75, 3.05) is 6.54 Å². The minimum Gasteiger partial charge on any atom is -0.460 e. The minimum atomic E-state index is -1.32. The Bertz CT molecular complexity index is 590. The van der Waals surface area contributed by atoms with Gasteiger partial charge in [0.15, 0.2) is 0 Å². The lowest BCUT2D eigenvalue weighted by Crippen LogP contribution is -2.57. The zero-order chi connectivity index (χ0) is 21.2. The van der Waals surface area contributed by atoms with E-state index in [0.29, 0.717) is 18.9 Å². The van der Waals surface area contributed by atoms with Crippen molar-refractivity contribution in [3.05, 3.63) is 35.9 Å². The fourth-order valence-electron chi connectivity index (χ4n) is 3.92. The summed E-state index contributed by atoms with van der Waals surface area (Å²) < 4.78 is 5.41. The summed E-state index contributed by atoms with van der Waals surface area (Å²) >= 11 is 0. The first-order chi connectivity index (χ1) is 13.9. The van der Waals surface area contributed by atoms with Gasteiger partial charge in [0.05, 0.1) is 6.10 Å². The molecule has 1 aromatic rings. The average Bonchev–Trinajstić information content (AvgIpc) is 2.72. The Morgan fingerprint density at radius 3 is 2.41 bits per heavy atom. The number of nitrogens with one attached hydrogen (secondary N) is 1. The maximum absolute atomic E-state index is 12.7. The van der Waals surface area contributed by atoms with Gasteiger partial charge in [-0.05, 0) is 30.4 Å². The number of rotatable bonds is 11. The number of aliphatic hydroxyl groups excluding tert-OH is 2. The molecule has 1 saturated carbocycles. The van der Waals surface area contributed by atoms with Gasteiger partial charge < -0.3 is 26.0 Å². The Labute approximate surface area is 174 Å². The van der Waals surface area contributed by atoms with E-state index in [-0.39, 0.29) is 12.5 Å². The molecule has 4 atom stereocenters. The largest absolute Gasteiger partial charge is 0.460 e. The SMILES string of the molecule is CC(C)CNC(C(=O)OCc1ccccc1)C(O)C(O)C(N)CC1CCCCC1. The van der Waals surface area contributed by atoms with Crippen molar-refractivity contribution in [3.8, 4) is 0 Å². The molecular weight excluding hydrogens is 368 g/mol. The predicted molar refractivity (Wildman–Crippen MR) is 114 cm³/mol. The molecule has 6 heteroatoms. The molecule has 0 spiro atoms. The standard InChI is InChI=1S/C23H38N2O4/c1-16(2)14-25-20(23(28)29-15-18-11-7-4-8-12-18)22(27)21(26)19(24)13-17-9-5-3-6-10-17/h4,7-8,11-12,16-17,19-22,25-27H,3,5-6,9-10,13-15,24H2,1-2H3. The summed E-state index contributed by atoms with van der Waals surface area (Å²) in [6.45, 7) is 4.66. The second-order valence-electron chi connectivity index (χ2n) is 8.76. The number of hydrogen-bond donors (Lipinski definition) is 4. The number of nitrogens with two attached hydrogens (primary N) is 1. The number of carbonyl (C=O) groups excluding carboxylic acids is 1. The summed E-state index contributed by atoms with van der Waals surface area (Å²) in [5.41, 5.74) is 7.09. The number of esters is 1. The number of benzene rings is 1. The Hall–Kier alpha value is -1.47. The van der Waals surface area contributed by atoms with Crippen LogP contribution in [0.15, 0.2) is 30.3 Å². The van der Waals surface area contributed by atoms with E-state index < -0.39 is 30.3 Å². The number of carbonyl (C=O) groups is 1. The normalized spacial score (nSPS) is 19.5. The summed E-state index contributed by atoms with van der Waals surface area (Å²) in [4.78, 5) is 12.7. The highest BCUT2D eigenvalue weighted by Crippen LogP contribution is 2.28. The molecule has 0 radical (unpaired) electrons. The molecule has 4 unspecified atom stereocenters.